The molecule has 4 aromatic rings. The van der Waals surface area contributed by atoms with Crippen LogP contribution in [0.5, 0.6) is 0 Å². The molecule has 2 aromatic carbocycles. The predicted octanol–water partition coefficient (Wildman–Crippen LogP) is 4.52. The largest absolute Gasteiger partial charge is 0.348 e. The van der Waals surface area contributed by atoms with Crippen molar-refractivity contribution in [1.82, 2.24) is 25.0 Å². The van der Waals surface area contributed by atoms with Crippen molar-refractivity contribution in [2.24, 2.45) is 0 Å². The zero-order chi connectivity index (χ0) is 23.2. The van der Waals surface area contributed by atoms with Gasteiger partial charge >= 0.3 is 0 Å². The highest BCUT2D eigenvalue weighted by Crippen LogP contribution is 2.22. The van der Waals surface area contributed by atoms with Gasteiger partial charge in [0.15, 0.2) is 0 Å². The molecule has 1 N–H and O–H groups in total. The molecule has 6 heteroatoms. The standard InChI is InChI=1S/C28H29N5O/c34-28(30-18-23-11-4-5-12-25(23)20-32-15-6-7-16-32)26-21-33(19-22-9-2-1-3-10-22)31-27(26)24-13-8-14-29-17-24/h1-5,8-14,17,21H,6-7,15-16,18-20H2,(H,30,34). The summed E-state index contributed by atoms with van der Waals surface area (Å²) in [6, 6.07) is 22.3. The zero-order valence-electron chi connectivity index (χ0n) is 19.2. The average Bonchev–Trinajstić information content (AvgIpc) is 3.55. The Morgan fingerprint density at radius 2 is 1.65 bits per heavy atom. The lowest BCUT2D eigenvalue weighted by Gasteiger charge is -2.17. The number of hydrogen-bond donors (Lipinski definition) is 1. The van der Waals surface area contributed by atoms with Crippen molar-refractivity contribution in [3.8, 4) is 11.3 Å². The van der Waals surface area contributed by atoms with E-state index in [1.807, 2.05) is 47.3 Å². The number of pyridine rings is 1. The number of likely N-dealkylation sites (tertiary alicyclic amines) is 1. The third-order valence-electron chi connectivity index (χ3n) is 6.28. The molecule has 172 valence electrons. The molecular formula is C28H29N5O. The van der Waals surface area contributed by atoms with E-state index in [9.17, 15) is 4.79 Å². The van der Waals surface area contributed by atoms with Gasteiger partial charge in [0, 0.05) is 37.2 Å². The van der Waals surface area contributed by atoms with E-state index in [-0.39, 0.29) is 5.91 Å². The Morgan fingerprint density at radius 3 is 2.41 bits per heavy atom. The minimum Gasteiger partial charge on any atom is -0.348 e. The molecule has 0 bridgehead atoms. The summed E-state index contributed by atoms with van der Waals surface area (Å²) in [6.45, 7) is 4.31. The first-order chi connectivity index (χ1) is 16.8. The van der Waals surface area contributed by atoms with Crippen molar-refractivity contribution in [2.75, 3.05) is 13.1 Å². The highest BCUT2D eigenvalue weighted by atomic mass is 16.1. The SMILES string of the molecule is O=C(NCc1ccccc1CN1CCCC1)c1cn(Cc2ccccc2)nc1-c1cccnc1. The molecule has 1 aliphatic heterocycles. The van der Waals surface area contributed by atoms with Gasteiger partial charge in [-0.1, -0.05) is 54.6 Å². The molecule has 34 heavy (non-hydrogen) atoms. The predicted molar refractivity (Wildman–Crippen MR) is 133 cm³/mol. The van der Waals surface area contributed by atoms with E-state index < -0.39 is 0 Å². The van der Waals surface area contributed by atoms with Gasteiger partial charge < -0.3 is 5.32 Å². The van der Waals surface area contributed by atoms with E-state index in [0.717, 1.165) is 36.3 Å². The van der Waals surface area contributed by atoms with Crippen molar-refractivity contribution in [3.05, 3.63) is 108 Å². The second-order valence-electron chi connectivity index (χ2n) is 8.75. The van der Waals surface area contributed by atoms with E-state index in [1.165, 1.54) is 18.4 Å². The second-order valence-corrected chi connectivity index (χ2v) is 8.75. The summed E-state index contributed by atoms with van der Waals surface area (Å²) < 4.78 is 1.83. The van der Waals surface area contributed by atoms with E-state index in [0.29, 0.717) is 24.3 Å². The number of carbonyl (C=O) groups excluding carboxylic acids is 1. The van der Waals surface area contributed by atoms with Crippen molar-refractivity contribution in [1.29, 1.82) is 0 Å². The molecule has 2 aromatic heterocycles. The third kappa shape index (κ3) is 5.24. The lowest BCUT2D eigenvalue weighted by Crippen LogP contribution is -2.25. The van der Waals surface area contributed by atoms with Gasteiger partial charge in [-0.3, -0.25) is 19.4 Å². The molecule has 0 unspecified atom stereocenters. The molecule has 0 saturated carbocycles. The van der Waals surface area contributed by atoms with E-state index >= 15 is 0 Å². The van der Waals surface area contributed by atoms with Crippen LogP contribution in [0.1, 0.15) is 39.9 Å². The Hall–Kier alpha value is -3.77. The first-order valence-electron chi connectivity index (χ1n) is 11.9. The van der Waals surface area contributed by atoms with Crippen LogP contribution in [0, 0.1) is 0 Å². The summed E-state index contributed by atoms with van der Waals surface area (Å²) in [6.07, 6.45) is 7.84. The molecule has 1 amide bonds. The quantitative estimate of drug-likeness (QED) is 0.428. The fraction of sp³-hybridized carbons (Fsp3) is 0.250. The van der Waals surface area contributed by atoms with Crippen LogP contribution in [-0.2, 0) is 19.6 Å². The second kappa shape index (κ2) is 10.4. The maximum Gasteiger partial charge on any atom is 0.255 e. The maximum absolute atomic E-state index is 13.3. The molecule has 0 aliphatic carbocycles. The summed E-state index contributed by atoms with van der Waals surface area (Å²) in [7, 11) is 0. The zero-order valence-corrected chi connectivity index (χ0v) is 19.2. The van der Waals surface area contributed by atoms with Gasteiger partial charge in [0.25, 0.3) is 5.91 Å². The lowest BCUT2D eigenvalue weighted by atomic mass is 10.1. The first-order valence-corrected chi connectivity index (χ1v) is 11.9. The van der Waals surface area contributed by atoms with Gasteiger partial charge in [-0.15, -0.1) is 0 Å². The molecule has 1 aliphatic rings. The number of carbonyl (C=O) groups is 1. The maximum atomic E-state index is 13.3. The van der Waals surface area contributed by atoms with Crippen LogP contribution in [0.2, 0.25) is 0 Å². The molecule has 0 atom stereocenters. The summed E-state index contributed by atoms with van der Waals surface area (Å²) in [5.74, 6) is -0.130. The highest BCUT2D eigenvalue weighted by molar-refractivity contribution is 5.99. The number of aromatic nitrogens is 3. The highest BCUT2D eigenvalue weighted by Gasteiger charge is 2.19. The van der Waals surface area contributed by atoms with Crippen LogP contribution in [0.15, 0.2) is 85.3 Å². The Kier molecular flexibility index (Phi) is 6.77. The Bertz CT molecular complexity index is 1230. The molecule has 0 spiro atoms. The Morgan fingerprint density at radius 1 is 0.882 bits per heavy atom. The Labute approximate surface area is 200 Å². The average molecular weight is 452 g/mol. The van der Waals surface area contributed by atoms with Gasteiger partial charge in [0.05, 0.1) is 12.1 Å². The number of hydrogen-bond acceptors (Lipinski definition) is 4. The normalized spacial score (nSPS) is 13.8. The van der Waals surface area contributed by atoms with Crippen LogP contribution in [0.25, 0.3) is 11.3 Å². The smallest absolute Gasteiger partial charge is 0.255 e. The van der Waals surface area contributed by atoms with Crippen LogP contribution >= 0.6 is 0 Å². The molecule has 1 fully saturated rings. The van der Waals surface area contributed by atoms with Crippen LogP contribution in [0.3, 0.4) is 0 Å². The van der Waals surface area contributed by atoms with Crippen LogP contribution < -0.4 is 5.32 Å². The van der Waals surface area contributed by atoms with Gasteiger partial charge in [-0.2, -0.15) is 5.10 Å². The van der Waals surface area contributed by atoms with Crippen molar-refractivity contribution in [3.63, 3.8) is 0 Å². The first kappa shape index (κ1) is 22.0. The van der Waals surface area contributed by atoms with Crippen LogP contribution in [0.4, 0.5) is 0 Å². The molecular weight excluding hydrogens is 422 g/mol. The summed E-state index contributed by atoms with van der Waals surface area (Å²) in [5.41, 5.74) is 5.59. The third-order valence-corrected chi connectivity index (χ3v) is 6.28. The summed E-state index contributed by atoms with van der Waals surface area (Å²) >= 11 is 0. The van der Waals surface area contributed by atoms with E-state index in [1.54, 1.807) is 12.4 Å². The monoisotopic (exact) mass is 451 g/mol. The minimum absolute atomic E-state index is 0.130. The Balaban J connectivity index is 1.36. The van der Waals surface area contributed by atoms with Gasteiger partial charge in [-0.05, 0) is 54.8 Å². The summed E-state index contributed by atoms with van der Waals surface area (Å²) in [5, 5.41) is 7.88. The fourth-order valence-corrected chi connectivity index (χ4v) is 4.49. The molecule has 6 nitrogen and oxygen atoms in total. The van der Waals surface area contributed by atoms with Gasteiger partial charge in [-0.25, -0.2) is 0 Å². The topological polar surface area (TPSA) is 63.1 Å². The van der Waals surface area contributed by atoms with Gasteiger partial charge in [0.1, 0.15) is 5.69 Å². The van der Waals surface area contributed by atoms with E-state index in [2.05, 4.69) is 45.5 Å². The number of benzene rings is 2. The van der Waals surface area contributed by atoms with E-state index in [4.69, 9.17) is 5.10 Å². The molecule has 0 radical (unpaired) electrons. The number of nitrogens with one attached hydrogen (secondary N) is 1. The van der Waals surface area contributed by atoms with Crippen LogP contribution in [-0.4, -0.2) is 38.7 Å². The van der Waals surface area contributed by atoms with Crippen molar-refractivity contribution in [2.45, 2.75) is 32.5 Å². The number of nitrogens with zero attached hydrogens (tertiary/aromatic N) is 4. The fourth-order valence-electron chi connectivity index (χ4n) is 4.49. The van der Waals surface area contributed by atoms with Gasteiger partial charge in [0.2, 0.25) is 0 Å². The van der Waals surface area contributed by atoms with Crippen molar-refractivity contribution >= 4 is 5.91 Å². The number of amides is 1. The lowest BCUT2D eigenvalue weighted by molar-refractivity contribution is 0.0951. The number of rotatable bonds is 8. The molecule has 1 saturated heterocycles. The minimum atomic E-state index is -0.130. The molecule has 3 heterocycles. The summed E-state index contributed by atoms with van der Waals surface area (Å²) in [4.78, 5) is 20.0. The molecule has 5 rings (SSSR count). The van der Waals surface area contributed by atoms with Crippen molar-refractivity contribution < 1.29 is 4.79 Å².